The minimum atomic E-state index is 0.0319. The van der Waals surface area contributed by atoms with Crippen LogP contribution in [0.5, 0.6) is 0 Å². The van der Waals surface area contributed by atoms with Gasteiger partial charge in [0.05, 0.1) is 11.5 Å². The Morgan fingerprint density at radius 3 is 2.53 bits per heavy atom. The summed E-state index contributed by atoms with van der Waals surface area (Å²) in [5.41, 5.74) is 2.32. The van der Waals surface area contributed by atoms with Crippen LogP contribution in [0.25, 0.3) is 10.6 Å². The normalized spacial score (nSPS) is 10.6. The van der Waals surface area contributed by atoms with Crippen LogP contribution in [0.3, 0.4) is 0 Å². The van der Waals surface area contributed by atoms with Crippen LogP contribution in [0.2, 0.25) is 0 Å². The maximum Gasteiger partial charge on any atom is 0.125 e. The summed E-state index contributed by atoms with van der Waals surface area (Å²) in [5, 5.41) is 10.00. The molecule has 1 N–H and O–H groups in total. The number of rotatable bonds is 2. The summed E-state index contributed by atoms with van der Waals surface area (Å²) in [7, 11) is 0. The van der Waals surface area contributed by atoms with Gasteiger partial charge >= 0.3 is 0 Å². The summed E-state index contributed by atoms with van der Waals surface area (Å²) in [6, 6.07) is 8.20. The van der Waals surface area contributed by atoms with E-state index < -0.39 is 0 Å². The molecule has 2 rings (SSSR count). The molecule has 1 heterocycles. The van der Waals surface area contributed by atoms with Crippen LogP contribution in [0.1, 0.15) is 10.4 Å². The van der Waals surface area contributed by atoms with E-state index in [4.69, 9.17) is 5.11 Å². The number of nitrogens with zero attached hydrogens (tertiary/aromatic N) is 1. The number of thiazole rings is 1. The van der Waals surface area contributed by atoms with Crippen molar-refractivity contribution in [2.24, 2.45) is 0 Å². The number of aryl methyl sites for hydroxylation is 1. The van der Waals surface area contributed by atoms with Gasteiger partial charge in [0.1, 0.15) is 9.61 Å². The molecule has 0 unspecified atom stereocenters. The second kappa shape index (κ2) is 4.43. The summed E-state index contributed by atoms with van der Waals surface area (Å²) < 4.78 is 0.741. The molecule has 1 aromatic carbocycles. The van der Waals surface area contributed by atoms with Crippen LogP contribution >= 0.6 is 27.3 Å². The average Bonchev–Trinajstić information content (AvgIpc) is 2.61. The van der Waals surface area contributed by atoms with E-state index in [2.05, 4.69) is 40.0 Å². The SMILES string of the molecule is Cc1ccc(-c2nc(Br)c(CO)s2)cc1. The Labute approximate surface area is 101 Å². The van der Waals surface area contributed by atoms with Gasteiger partial charge in [-0.2, -0.15) is 0 Å². The number of hydrogen-bond acceptors (Lipinski definition) is 3. The van der Waals surface area contributed by atoms with Gasteiger partial charge < -0.3 is 5.11 Å². The first-order chi connectivity index (χ1) is 7.20. The molecule has 0 fully saturated rings. The molecule has 15 heavy (non-hydrogen) atoms. The van der Waals surface area contributed by atoms with Gasteiger partial charge in [-0.05, 0) is 22.9 Å². The van der Waals surface area contributed by atoms with Crippen LogP contribution in [-0.2, 0) is 6.61 Å². The molecule has 0 amide bonds. The second-order valence-electron chi connectivity index (χ2n) is 3.26. The van der Waals surface area contributed by atoms with Crippen LogP contribution < -0.4 is 0 Å². The van der Waals surface area contributed by atoms with Gasteiger partial charge in [0, 0.05) is 5.56 Å². The molecule has 4 heteroatoms. The van der Waals surface area contributed by atoms with Gasteiger partial charge in [-0.1, -0.05) is 29.8 Å². The zero-order valence-corrected chi connectivity index (χ0v) is 10.6. The Morgan fingerprint density at radius 1 is 1.33 bits per heavy atom. The maximum atomic E-state index is 9.06. The van der Waals surface area contributed by atoms with Gasteiger partial charge in [-0.3, -0.25) is 0 Å². The van der Waals surface area contributed by atoms with Gasteiger partial charge in [-0.25, -0.2) is 4.98 Å². The van der Waals surface area contributed by atoms with Crippen molar-refractivity contribution in [2.75, 3.05) is 0 Å². The molecule has 1 aromatic heterocycles. The molecular weight excluding hydrogens is 274 g/mol. The Balaban J connectivity index is 2.41. The van der Waals surface area contributed by atoms with Crippen molar-refractivity contribution in [3.63, 3.8) is 0 Å². The number of benzene rings is 1. The molecule has 2 nitrogen and oxygen atoms in total. The Kier molecular flexibility index (Phi) is 3.19. The highest BCUT2D eigenvalue weighted by atomic mass is 79.9. The molecule has 78 valence electrons. The first kappa shape index (κ1) is 10.8. The summed E-state index contributed by atoms with van der Waals surface area (Å²) >= 11 is 4.84. The van der Waals surface area contributed by atoms with Crippen molar-refractivity contribution in [3.8, 4) is 10.6 Å². The van der Waals surface area contributed by atoms with Crippen molar-refractivity contribution in [1.82, 2.24) is 4.98 Å². The van der Waals surface area contributed by atoms with Crippen molar-refractivity contribution < 1.29 is 5.11 Å². The lowest BCUT2D eigenvalue weighted by Gasteiger charge is -1.95. The van der Waals surface area contributed by atoms with E-state index in [-0.39, 0.29) is 6.61 Å². The standard InChI is InChI=1S/C11H10BrNOS/c1-7-2-4-8(5-3-7)11-13-10(12)9(6-14)15-11/h2-5,14H,6H2,1H3. The summed E-state index contributed by atoms with van der Waals surface area (Å²) in [4.78, 5) is 5.22. The zero-order valence-electron chi connectivity index (χ0n) is 8.20. The van der Waals surface area contributed by atoms with Crippen LogP contribution in [0.4, 0.5) is 0 Å². The quantitative estimate of drug-likeness (QED) is 0.917. The highest BCUT2D eigenvalue weighted by molar-refractivity contribution is 9.10. The topological polar surface area (TPSA) is 33.1 Å². The van der Waals surface area contributed by atoms with Crippen LogP contribution in [0, 0.1) is 6.92 Å². The number of halogens is 1. The summed E-state index contributed by atoms with van der Waals surface area (Å²) in [6.07, 6.45) is 0. The van der Waals surface area contributed by atoms with Gasteiger partial charge in [0.25, 0.3) is 0 Å². The number of aliphatic hydroxyl groups is 1. The molecule has 0 saturated carbocycles. The minimum absolute atomic E-state index is 0.0319. The molecule has 0 aliphatic rings. The van der Waals surface area contributed by atoms with Gasteiger partial charge in [-0.15, -0.1) is 11.3 Å². The molecule has 0 spiro atoms. The first-order valence-corrected chi connectivity index (χ1v) is 6.15. The highest BCUT2D eigenvalue weighted by Gasteiger charge is 2.09. The van der Waals surface area contributed by atoms with E-state index in [0.29, 0.717) is 0 Å². The van der Waals surface area contributed by atoms with Crippen LogP contribution in [-0.4, -0.2) is 10.1 Å². The van der Waals surface area contributed by atoms with E-state index in [1.165, 1.54) is 16.9 Å². The average molecular weight is 284 g/mol. The van der Waals surface area contributed by atoms with E-state index in [1.807, 2.05) is 12.1 Å². The predicted molar refractivity (Wildman–Crippen MR) is 65.9 cm³/mol. The lowest BCUT2D eigenvalue weighted by molar-refractivity contribution is 0.284. The predicted octanol–water partition coefficient (Wildman–Crippen LogP) is 3.37. The van der Waals surface area contributed by atoms with E-state index in [9.17, 15) is 0 Å². The lowest BCUT2D eigenvalue weighted by Crippen LogP contribution is -1.77. The second-order valence-corrected chi connectivity index (χ2v) is 5.09. The highest BCUT2D eigenvalue weighted by Crippen LogP contribution is 2.31. The number of aliphatic hydroxyl groups excluding tert-OH is 1. The van der Waals surface area contributed by atoms with Gasteiger partial charge in [0.2, 0.25) is 0 Å². The Morgan fingerprint density at radius 2 is 2.00 bits per heavy atom. The zero-order chi connectivity index (χ0) is 10.8. The van der Waals surface area contributed by atoms with E-state index in [1.54, 1.807) is 0 Å². The molecule has 2 aromatic rings. The molecule has 0 saturated heterocycles. The van der Waals surface area contributed by atoms with Crippen molar-refractivity contribution >= 4 is 27.3 Å². The third-order valence-electron chi connectivity index (χ3n) is 2.09. The molecule has 0 aliphatic heterocycles. The smallest absolute Gasteiger partial charge is 0.125 e. The third-order valence-corrected chi connectivity index (χ3v) is 4.10. The fourth-order valence-corrected chi connectivity index (χ4v) is 2.73. The number of aromatic nitrogens is 1. The van der Waals surface area contributed by atoms with E-state index in [0.717, 1.165) is 20.1 Å². The lowest BCUT2D eigenvalue weighted by atomic mass is 10.2. The van der Waals surface area contributed by atoms with Crippen LogP contribution in [0.15, 0.2) is 28.9 Å². The fourth-order valence-electron chi connectivity index (χ4n) is 1.25. The van der Waals surface area contributed by atoms with E-state index >= 15 is 0 Å². The minimum Gasteiger partial charge on any atom is -0.391 e. The number of hydrogen-bond donors (Lipinski definition) is 1. The van der Waals surface area contributed by atoms with Crippen molar-refractivity contribution in [3.05, 3.63) is 39.3 Å². The largest absolute Gasteiger partial charge is 0.391 e. The maximum absolute atomic E-state index is 9.06. The summed E-state index contributed by atoms with van der Waals surface area (Å²) in [6.45, 7) is 2.09. The fraction of sp³-hybridized carbons (Fsp3) is 0.182. The molecule has 0 bridgehead atoms. The van der Waals surface area contributed by atoms with Crippen molar-refractivity contribution in [1.29, 1.82) is 0 Å². The molecule has 0 aliphatic carbocycles. The molecular formula is C11H10BrNOS. The first-order valence-electron chi connectivity index (χ1n) is 4.54. The Hall–Kier alpha value is -0.710. The molecule has 0 atom stereocenters. The summed E-state index contributed by atoms with van der Waals surface area (Å²) in [5.74, 6) is 0. The monoisotopic (exact) mass is 283 g/mol. The Bertz CT molecular complexity index is 464. The van der Waals surface area contributed by atoms with Gasteiger partial charge in [0.15, 0.2) is 0 Å². The third kappa shape index (κ3) is 2.27. The van der Waals surface area contributed by atoms with Crippen molar-refractivity contribution in [2.45, 2.75) is 13.5 Å². The molecule has 0 radical (unpaired) electrons.